The molecule has 0 aliphatic carbocycles. The Kier molecular flexibility index (Phi) is 4.01. The Morgan fingerprint density at radius 2 is 2.44 bits per heavy atom. The fourth-order valence-corrected chi connectivity index (χ4v) is 2.13. The third kappa shape index (κ3) is 3.09. The van der Waals surface area contributed by atoms with Gasteiger partial charge in [0.15, 0.2) is 0 Å². The molecule has 0 bridgehead atoms. The monoisotopic (exact) mass is 285 g/mol. The number of aromatic nitrogens is 1. The molecule has 1 unspecified atom stereocenters. The molecule has 0 amide bonds. The predicted molar refractivity (Wildman–Crippen MR) is 68.4 cm³/mol. The van der Waals surface area contributed by atoms with E-state index in [2.05, 4.69) is 26.2 Å². The van der Waals surface area contributed by atoms with Gasteiger partial charge in [-0.1, -0.05) is 0 Å². The van der Waals surface area contributed by atoms with Crippen molar-refractivity contribution in [1.29, 1.82) is 0 Å². The summed E-state index contributed by atoms with van der Waals surface area (Å²) in [5.41, 5.74) is 6.50. The summed E-state index contributed by atoms with van der Waals surface area (Å²) in [6, 6.07) is 1.84. The van der Waals surface area contributed by atoms with Crippen LogP contribution >= 0.6 is 15.9 Å². The number of nitrogen functional groups attached to an aromatic ring is 1. The summed E-state index contributed by atoms with van der Waals surface area (Å²) in [5, 5.41) is 3.23. The minimum atomic E-state index is 0.290. The van der Waals surface area contributed by atoms with Crippen LogP contribution in [0, 0.1) is 0 Å². The lowest BCUT2D eigenvalue weighted by Gasteiger charge is -2.23. The van der Waals surface area contributed by atoms with Crippen molar-refractivity contribution in [1.82, 2.24) is 4.98 Å². The molecule has 1 saturated heterocycles. The first-order valence-corrected chi connectivity index (χ1v) is 6.31. The molecule has 0 aromatic carbocycles. The van der Waals surface area contributed by atoms with Crippen molar-refractivity contribution in [2.45, 2.75) is 25.4 Å². The summed E-state index contributed by atoms with van der Waals surface area (Å²) < 4.78 is 6.52. The van der Waals surface area contributed by atoms with Gasteiger partial charge in [0.2, 0.25) is 0 Å². The Labute approximate surface area is 104 Å². The van der Waals surface area contributed by atoms with Crippen LogP contribution in [-0.2, 0) is 4.74 Å². The largest absolute Gasteiger partial charge is 0.396 e. The highest BCUT2D eigenvalue weighted by Crippen LogP contribution is 2.20. The fraction of sp³-hybridized carbons (Fsp3) is 0.545. The topological polar surface area (TPSA) is 60.2 Å². The van der Waals surface area contributed by atoms with E-state index in [4.69, 9.17) is 10.5 Å². The average molecular weight is 286 g/mol. The Morgan fingerprint density at radius 1 is 1.56 bits per heavy atom. The minimum absolute atomic E-state index is 0.290. The predicted octanol–water partition coefficient (Wildman–Crippen LogP) is 2.41. The van der Waals surface area contributed by atoms with Crippen molar-refractivity contribution in [3.05, 3.63) is 16.7 Å². The van der Waals surface area contributed by atoms with Gasteiger partial charge in [-0.2, -0.15) is 0 Å². The van der Waals surface area contributed by atoms with Crippen molar-refractivity contribution in [3.8, 4) is 0 Å². The first kappa shape index (κ1) is 11.7. The zero-order chi connectivity index (χ0) is 11.4. The minimum Gasteiger partial charge on any atom is -0.396 e. The quantitative estimate of drug-likeness (QED) is 0.895. The molecule has 5 heteroatoms. The second kappa shape index (κ2) is 5.50. The highest BCUT2D eigenvalue weighted by atomic mass is 79.9. The van der Waals surface area contributed by atoms with Crippen LogP contribution in [0.25, 0.3) is 0 Å². The van der Waals surface area contributed by atoms with Gasteiger partial charge in [0.25, 0.3) is 0 Å². The lowest BCUT2D eigenvalue weighted by molar-refractivity contribution is 0.0247. The van der Waals surface area contributed by atoms with Crippen LogP contribution in [-0.4, -0.2) is 24.2 Å². The van der Waals surface area contributed by atoms with Gasteiger partial charge in [-0.25, -0.2) is 4.98 Å². The summed E-state index contributed by atoms with van der Waals surface area (Å²) in [7, 11) is 0. The van der Waals surface area contributed by atoms with Crippen molar-refractivity contribution in [2.24, 2.45) is 0 Å². The number of nitrogens with zero attached hydrogens (tertiary/aromatic N) is 1. The molecule has 2 rings (SSSR count). The number of hydrogen-bond acceptors (Lipinski definition) is 4. The SMILES string of the molecule is Nc1cc(Br)cnc1NCC1CCCCO1. The Hall–Kier alpha value is -0.810. The lowest BCUT2D eigenvalue weighted by atomic mass is 10.1. The summed E-state index contributed by atoms with van der Waals surface area (Å²) in [6.45, 7) is 1.65. The van der Waals surface area contributed by atoms with Crippen molar-refractivity contribution in [3.63, 3.8) is 0 Å². The summed E-state index contributed by atoms with van der Waals surface area (Å²) in [5.74, 6) is 0.734. The van der Waals surface area contributed by atoms with Crippen molar-refractivity contribution < 1.29 is 4.74 Å². The second-order valence-corrected chi connectivity index (χ2v) is 4.88. The first-order chi connectivity index (χ1) is 7.75. The maximum absolute atomic E-state index is 5.84. The zero-order valence-electron chi connectivity index (χ0n) is 9.08. The molecule has 88 valence electrons. The number of hydrogen-bond donors (Lipinski definition) is 2. The van der Waals surface area contributed by atoms with E-state index in [1.165, 1.54) is 12.8 Å². The zero-order valence-corrected chi connectivity index (χ0v) is 10.7. The van der Waals surface area contributed by atoms with Crippen LogP contribution in [0.5, 0.6) is 0 Å². The summed E-state index contributed by atoms with van der Waals surface area (Å²) >= 11 is 3.33. The third-order valence-corrected chi connectivity index (χ3v) is 3.09. The van der Waals surface area contributed by atoms with E-state index in [1.807, 2.05) is 6.07 Å². The molecule has 1 aliphatic rings. The van der Waals surface area contributed by atoms with Gasteiger partial charge in [0, 0.05) is 23.8 Å². The van der Waals surface area contributed by atoms with Crippen LogP contribution < -0.4 is 11.1 Å². The van der Waals surface area contributed by atoms with Gasteiger partial charge in [0.05, 0.1) is 11.8 Å². The molecule has 1 fully saturated rings. The van der Waals surface area contributed by atoms with Crippen LogP contribution in [0.3, 0.4) is 0 Å². The molecule has 0 spiro atoms. The normalized spacial score (nSPS) is 20.7. The number of nitrogens with two attached hydrogens (primary N) is 1. The van der Waals surface area contributed by atoms with Gasteiger partial charge in [-0.15, -0.1) is 0 Å². The maximum atomic E-state index is 5.84. The Bertz CT molecular complexity index is 353. The number of ether oxygens (including phenoxy) is 1. The van der Waals surface area contributed by atoms with Crippen LogP contribution in [0.4, 0.5) is 11.5 Å². The number of halogens is 1. The van der Waals surface area contributed by atoms with Gasteiger partial charge in [0.1, 0.15) is 5.82 Å². The summed E-state index contributed by atoms with van der Waals surface area (Å²) in [6.07, 6.45) is 5.56. The van der Waals surface area contributed by atoms with Crippen molar-refractivity contribution >= 4 is 27.4 Å². The second-order valence-electron chi connectivity index (χ2n) is 3.96. The molecule has 1 aromatic rings. The Balaban J connectivity index is 1.88. The van der Waals surface area contributed by atoms with Crippen LogP contribution in [0.15, 0.2) is 16.7 Å². The van der Waals surface area contributed by atoms with E-state index in [1.54, 1.807) is 6.20 Å². The van der Waals surface area contributed by atoms with Crippen LogP contribution in [0.1, 0.15) is 19.3 Å². The van der Waals surface area contributed by atoms with E-state index in [0.29, 0.717) is 11.8 Å². The fourth-order valence-electron chi connectivity index (χ4n) is 1.78. The molecular weight excluding hydrogens is 270 g/mol. The molecule has 1 aromatic heterocycles. The average Bonchev–Trinajstić information content (AvgIpc) is 2.29. The summed E-state index contributed by atoms with van der Waals surface area (Å²) in [4.78, 5) is 4.22. The number of anilines is 2. The molecule has 3 N–H and O–H groups in total. The Morgan fingerprint density at radius 3 is 3.12 bits per heavy atom. The first-order valence-electron chi connectivity index (χ1n) is 5.52. The lowest BCUT2D eigenvalue weighted by Crippen LogP contribution is -2.27. The van der Waals surface area contributed by atoms with E-state index in [-0.39, 0.29) is 0 Å². The highest BCUT2D eigenvalue weighted by molar-refractivity contribution is 9.10. The van der Waals surface area contributed by atoms with Gasteiger partial charge >= 0.3 is 0 Å². The maximum Gasteiger partial charge on any atom is 0.149 e. The standard InChI is InChI=1S/C11H16BrN3O/c12-8-5-10(13)11(14-6-8)15-7-9-3-1-2-4-16-9/h5-6,9H,1-4,7,13H2,(H,14,15). The molecule has 0 radical (unpaired) electrons. The molecular formula is C11H16BrN3O. The number of nitrogens with one attached hydrogen (secondary N) is 1. The molecule has 1 atom stereocenters. The van der Waals surface area contributed by atoms with E-state index in [0.717, 1.165) is 29.9 Å². The van der Waals surface area contributed by atoms with Gasteiger partial charge < -0.3 is 15.8 Å². The molecule has 1 aliphatic heterocycles. The number of pyridine rings is 1. The molecule has 4 nitrogen and oxygen atoms in total. The van der Waals surface area contributed by atoms with E-state index >= 15 is 0 Å². The third-order valence-electron chi connectivity index (χ3n) is 2.65. The van der Waals surface area contributed by atoms with Crippen LogP contribution in [0.2, 0.25) is 0 Å². The number of rotatable bonds is 3. The highest BCUT2D eigenvalue weighted by Gasteiger charge is 2.13. The molecule has 0 saturated carbocycles. The molecule has 2 heterocycles. The van der Waals surface area contributed by atoms with Gasteiger partial charge in [-0.3, -0.25) is 0 Å². The van der Waals surface area contributed by atoms with Gasteiger partial charge in [-0.05, 0) is 41.3 Å². The van der Waals surface area contributed by atoms with E-state index in [9.17, 15) is 0 Å². The van der Waals surface area contributed by atoms with E-state index < -0.39 is 0 Å². The smallest absolute Gasteiger partial charge is 0.149 e. The van der Waals surface area contributed by atoms with Crippen molar-refractivity contribution in [2.75, 3.05) is 24.2 Å². The molecule has 16 heavy (non-hydrogen) atoms.